The summed E-state index contributed by atoms with van der Waals surface area (Å²) in [6.07, 6.45) is 1.85. The number of nitrogens with one attached hydrogen (secondary N) is 2. The van der Waals surface area contributed by atoms with Gasteiger partial charge in [-0.3, -0.25) is 9.59 Å². The summed E-state index contributed by atoms with van der Waals surface area (Å²) < 4.78 is 5.38. The highest BCUT2D eigenvalue weighted by Gasteiger charge is 2.36. The lowest BCUT2D eigenvalue weighted by atomic mass is 9.95. The van der Waals surface area contributed by atoms with E-state index in [0.29, 0.717) is 13.0 Å². The van der Waals surface area contributed by atoms with Gasteiger partial charge in [0.25, 0.3) is 0 Å². The number of rotatable bonds is 10. The van der Waals surface area contributed by atoms with Gasteiger partial charge in [0.05, 0.1) is 0 Å². The lowest BCUT2D eigenvalue weighted by Crippen LogP contribution is -2.54. The number of carbonyl (C=O) groups excluding carboxylic acids is 3. The average molecular weight is 462 g/mol. The van der Waals surface area contributed by atoms with Gasteiger partial charge in [-0.05, 0) is 52.5 Å². The quantitative estimate of drug-likeness (QED) is 0.496. The molecule has 1 aromatic carbocycles. The Morgan fingerprint density at radius 3 is 2.12 bits per heavy atom. The van der Waals surface area contributed by atoms with Gasteiger partial charge < -0.3 is 20.3 Å². The van der Waals surface area contributed by atoms with E-state index in [1.54, 1.807) is 27.8 Å². The molecular formula is C26H43N3O4. The smallest absolute Gasteiger partial charge is 0.408 e. The predicted octanol–water partition coefficient (Wildman–Crippen LogP) is 4.66. The highest BCUT2D eigenvalue weighted by Crippen LogP contribution is 2.25. The zero-order chi connectivity index (χ0) is 25.3. The van der Waals surface area contributed by atoms with Crippen molar-refractivity contribution < 1.29 is 19.1 Å². The van der Waals surface area contributed by atoms with Gasteiger partial charge in [-0.1, -0.05) is 62.9 Å². The number of aryl methyl sites for hydroxylation is 2. The highest BCUT2D eigenvalue weighted by molar-refractivity contribution is 5.92. The van der Waals surface area contributed by atoms with E-state index in [4.69, 9.17) is 4.74 Å². The SMILES string of the molecule is CCCCNC(=O)C(c1cc(C)cc(C)c1)N(C)C(=O)C(NC(=O)OC(C)(C)C)C(C)CC. The molecule has 0 heterocycles. The van der Waals surface area contributed by atoms with Crippen LogP contribution in [0, 0.1) is 19.8 Å². The van der Waals surface area contributed by atoms with Crippen molar-refractivity contribution in [1.29, 1.82) is 0 Å². The van der Waals surface area contributed by atoms with E-state index < -0.39 is 23.8 Å². The molecule has 0 spiro atoms. The Labute approximate surface area is 199 Å². The minimum absolute atomic E-state index is 0.143. The number of benzene rings is 1. The normalized spacial score (nSPS) is 14.1. The number of unbranched alkanes of at least 4 members (excludes halogenated alkanes) is 1. The zero-order valence-corrected chi connectivity index (χ0v) is 21.9. The molecule has 0 bridgehead atoms. The van der Waals surface area contributed by atoms with Crippen LogP contribution < -0.4 is 10.6 Å². The minimum Gasteiger partial charge on any atom is -0.444 e. The predicted molar refractivity (Wildman–Crippen MR) is 132 cm³/mol. The Morgan fingerprint density at radius 1 is 1.06 bits per heavy atom. The second-order valence-corrected chi connectivity index (χ2v) is 9.93. The van der Waals surface area contributed by atoms with Crippen LogP contribution in [0.1, 0.15) is 83.5 Å². The molecule has 1 rings (SSSR count). The third-order valence-corrected chi connectivity index (χ3v) is 5.52. The largest absolute Gasteiger partial charge is 0.444 e. The fraction of sp³-hybridized carbons (Fsp3) is 0.654. The maximum Gasteiger partial charge on any atom is 0.408 e. The minimum atomic E-state index is -0.813. The van der Waals surface area contributed by atoms with Crippen molar-refractivity contribution in [3.63, 3.8) is 0 Å². The van der Waals surface area contributed by atoms with Crippen molar-refractivity contribution in [3.05, 3.63) is 34.9 Å². The summed E-state index contributed by atoms with van der Waals surface area (Å²) >= 11 is 0. The number of hydrogen-bond acceptors (Lipinski definition) is 4. The first-order valence-electron chi connectivity index (χ1n) is 11.9. The second-order valence-electron chi connectivity index (χ2n) is 9.93. The van der Waals surface area contributed by atoms with Crippen LogP contribution in [0.3, 0.4) is 0 Å². The molecule has 0 aliphatic carbocycles. The Morgan fingerprint density at radius 2 is 1.64 bits per heavy atom. The first-order valence-corrected chi connectivity index (χ1v) is 11.9. The van der Waals surface area contributed by atoms with Crippen LogP contribution in [0.25, 0.3) is 0 Å². The summed E-state index contributed by atoms with van der Waals surface area (Å²) in [4.78, 5) is 40.8. The van der Waals surface area contributed by atoms with Gasteiger partial charge >= 0.3 is 6.09 Å². The van der Waals surface area contributed by atoms with E-state index in [9.17, 15) is 14.4 Å². The molecule has 3 amide bonds. The van der Waals surface area contributed by atoms with Crippen molar-refractivity contribution in [3.8, 4) is 0 Å². The summed E-state index contributed by atoms with van der Waals surface area (Å²) in [7, 11) is 1.62. The Hall–Kier alpha value is -2.57. The van der Waals surface area contributed by atoms with Crippen LogP contribution in [0.2, 0.25) is 0 Å². The van der Waals surface area contributed by atoms with Gasteiger partial charge in [0, 0.05) is 13.6 Å². The molecule has 3 atom stereocenters. The summed E-state index contributed by atoms with van der Waals surface area (Å²) in [6.45, 7) is 15.7. The van der Waals surface area contributed by atoms with Crippen LogP contribution in [0.5, 0.6) is 0 Å². The molecule has 186 valence electrons. The molecule has 33 heavy (non-hydrogen) atoms. The van der Waals surface area contributed by atoms with E-state index in [1.165, 1.54) is 4.90 Å². The molecule has 0 aromatic heterocycles. The van der Waals surface area contributed by atoms with Gasteiger partial charge in [-0.25, -0.2) is 4.79 Å². The second kappa shape index (κ2) is 12.6. The number of likely N-dealkylation sites (N-methyl/N-ethyl adjacent to an activating group) is 1. The van der Waals surface area contributed by atoms with Gasteiger partial charge in [0.1, 0.15) is 17.7 Å². The first-order chi connectivity index (χ1) is 15.3. The van der Waals surface area contributed by atoms with Crippen molar-refractivity contribution in [2.24, 2.45) is 5.92 Å². The maximum absolute atomic E-state index is 13.6. The van der Waals surface area contributed by atoms with Gasteiger partial charge in [-0.2, -0.15) is 0 Å². The van der Waals surface area contributed by atoms with Crippen LogP contribution in [0.4, 0.5) is 4.79 Å². The molecule has 3 unspecified atom stereocenters. The number of hydrogen-bond donors (Lipinski definition) is 2. The van der Waals surface area contributed by atoms with Crippen molar-refractivity contribution >= 4 is 17.9 Å². The van der Waals surface area contributed by atoms with E-state index in [2.05, 4.69) is 17.6 Å². The maximum atomic E-state index is 13.6. The molecule has 1 aromatic rings. The molecule has 7 nitrogen and oxygen atoms in total. The van der Waals surface area contributed by atoms with Crippen LogP contribution in [0.15, 0.2) is 18.2 Å². The number of carbonyl (C=O) groups is 3. The number of ether oxygens (including phenoxy) is 1. The number of amides is 3. The fourth-order valence-electron chi connectivity index (χ4n) is 3.67. The summed E-state index contributed by atoms with van der Waals surface area (Å²) in [5.74, 6) is -0.704. The Kier molecular flexibility index (Phi) is 10.9. The lowest BCUT2D eigenvalue weighted by Gasteiger charge is -2.33. The van der Waals surface area contributed by atoms with Gasteiger partial charge in [0.15, 0.2) is 0 Å². The van der Waals surface area contributed by atoms with E-state index in [-0.39, 0.29) is 17.7 Å². The highest BCUT2D eigenvalue weighted by atomic mass is 16.6. The zero-order valence-electron chi connectivity index (χ0n) is 21.9. The molecule has 0 fully saturated rings. The molecule has 2 N–H and O–H groups in total. The summed E-state index contributed by atoms with van der Waals surface area (Å²) in [6, 6.07) is 4.27. The Bertz CT molecular complexity index is 796. The van der Waals surface area contributed by atoms with Crippen molar-refractivity contribution in [2.45, 2.75) is 92.3 Å². The first kappa shape index (κ1) is 28.5. The number of nitrogens with zero attached hydrogens (tertiary/aromatic N) is 1. The molecule has 0 aliphatic rings. The van der Waals surface area contributed by atoms with Gasteiger partial charge in [-0.15, -0.1) is 0 Å². The average Bonchev–Trinajstić information content (AvgIpc) is 2.69. The lowest BCUT2D eigenvalue weighted by molar-refractivity contribution is -0.141. The van der Waals surface area contributed by atoms with E-state index >= 15 is 0 Å². The third kappa shape index (κ3) is 9.06. The van der Waals surface area contributed by atoms with Gasteiger partial charge in [0.2, 0.25) is 11.8 Å². The molecule has 0 saturated carbocycles. The molecule has 0 radical (unpaired) electrons. The van der Waals surface area contributed by atoms with Crippen LogP contribution in [-0.4, -0.2) is 48.0 Å². The van der Waals surface area contributed by atoms with E-state index in [0.717, 1.165) is 29.5 Å². The standard InChI is InChI=1S/C26H43N3O4/c1-10-12-13-27-23(30)22(20-15-17(3)14-18(4)16-20)29(9)24(31)21(19(5)11-2)28-25(32)33-26(6,7)8/h14-16,19,21-22H,10-13H2,1-9H3,(H,27,30)(H,28,32). The van der Waals surface area contributed by atoms with Crippen molar-refractivity contribution in [1.82, 2.24) is 15.5 Å². The molecule has 0 saturated heterocycles. The topological polar surface area (TPSA) is 87.7 Å². The number of alkyl carbamates (subject to hydrolysis) is 1. The molecule has 7 heteroatoms. The van der Waals surface area contributed by atoms with Crippen molar-refractivity contribution in [2.75, 3.05) is 13.6 Å². The fourth-order valence-corrected chi connectivity index (χ4v) is 3.67. The van der Waals surface area contributed by atoms with E-state index in [1.807, 2.05) is 45.9 Å². The summed E-state index contributed by atoms with van der Waals surface area (Å²) in [5.41, 5.74) is 2.10. The summed E-state index contributed by atoms with van der Waals surface area (Å²) in [5, 5.41) is 5.71. The molecule has 0 aliphatic heterocycles. The molecular weight excluding hydrogens is 418 g/mol. The van der Waals surface area contributed by atoms with Crippen LogP contribution >= 0.6 is 0 Å². The Balaban J connectivity index is 3.29. The third-order valence-electron chi connectivity index (χ3n) is 5.52. The monoisotopic (exact) mass is 461 g/mol. The van der Waals surface area contributed by atoms with Crippen LogP contribution in [-0.2, 0) is 14.3 Å².